The van der Waals surface area contributed by atoms with Gasteiger partial charge in [0.05, 0.1) is 6.61 Å². The molecule has 0 aromatic carbocycles. The Kier molecular flexibility index (Phi) is 4.57. The smallest absolute Gasteiger partial charge is 0.349 e. The molecule has 2 aliphatic rings. The van der Waals surface area contributed by atoms with Gasteiger partial charge in [-0.15, -0.1) is 0 Å². The molecular formula is C13H19N2O7P. The summed E-state index contributed by atoms with van der Waals surface area (Å²) in [6.45, 7) is 1.94. The van der Waals surface area contributed by atoms with Gasteiger partial charge in [0.25, 0.3) is 5.56 Å². The van der Waals surface area contributed by atoms with Crippen LogP contribution in [0.25, 0.3) is 0 Å². The van der Waals surface area contributed by atoms with Gasteiger partial charge >= 0.3 is 13.5 Å². The van der Waals surface area contributed by atoms with Crippen molar-refractivity contribution in [3.63, 3.8) is 0 Å². The molecule has 1 unspecified atom stereocenters. The lowest BCUT2D eigenvalue weighted by atomic mass is 10.1. The third-order valence-corrected chi connectivity index (χ3v) is 5.02. The normalized spacial score (nSPS) is 33.6. The van der Waals surface area contributed by atoms with E-state index in [1.807, 2.05) is 6.92 Å². The molecule has 10 heteroatoms. The van der Waals surface area contributed by atoms with E-state index in [1.165, 1.54) is 10.8 Å². The fraction of sp³-hybridized carbons (Fsp3) is 0.692. The second kappa shape index (κ2) is 6.33. The molecule has 128 valence electrons. The number of H-pyrrole nitrogens is 1. The van der Waals surface area contributed by atoms with E-state index < -0.39 is 37.5 Å². The van der Waals surface area contributed by atoms with Gasteiger partial charge in [-0.3, -0.25) is 23.4 Å². The molecule has 0 spiro atoms. The van der Waals surface area contributed by atoms with Crippen LogP contribution >= 0.6 is 7.82 Å². The summed E-state index contributed by atoms with van der Waals surface area (Å²) < 4.78 is 28.1. The fourth-order valence-corrected chi connectivity index (χ4v) is 3.75. The van der Waals surface area contributed by atoms with Gasteiger partial charge in [-0.25, -0.2) is 9.36 Å². The van der Waals surface area contributed by atoms with Gasteiger partial charge in [0.15, 0.2) is 0 Å². The molecule has 2 N–H and O–H groups in total. The van der Waals surface area contributed by atoms with E-state index in [1.54, 1.807) is 0 Å². The zero-order valence-electron chi connectivity index (χ0n) is 12.6. The van der Waals surface area contributed by atoms with Gasteiger partial charge in [-0.1, -0.05) is 13.3 Å². The Labute approximate surface area is 131 Å². The summed E-state index contributed by atoms with van der Waals surface area (Å²) in [5, 5.41) is 0. The Hall–Kier alpha value is -1.25. The van der Waals surface area contributed by atoms with E-state index in [-0.39, 0.29) is 13.0 Å². The van der Waals surface area contributed by atoms with Gasteiger partial charge in [0.1, 0.15) is 18.4 Å². The number of unbranched alkanes of at least 4 members (excludes halogenated alkanes) is 1. The minimum Gasteiger partial charge on any atom is -0.349 e. The number of nitrogens with zero attached hydrogens (tertiary/aromatic N) is 1. The summed E-state index contributed by atoms with van der Waals surface area (Å²) in [7, 11) is -4.04. The van der Waals surface area contributed by atoms with Crippen LogP contribution in [0.1, 0.15) is 38.0 Å². The van der Waals surface area contributed by atoms with Crippen molar-refractivity contribution in [1.82, 2.24) is 9.55 Å². The lowest BCUT2D eigenvalue weighted by Crippen LogP contribution is -2.34. The summed E-state index contributed by atoms with van der Waals surface area (Å²) in [6.07, 6.45) is 2.25. The second-order valence-corrected chi connectivity index (χ2v) is 7.10. The van der Waals surface area contributed by atoms with E-state index in [9.17, 15) is 19.0 Å². The molecule has 2 fully saturated rings. The van der Waals surface area contributed by atoms with Crippen LogP contribution in [0.2, 0.25) is 0 Å². The first kappa shape index (κ1) is 16.6. The molecular weight excluding hydrogens is 327 g/mol. The van der Waals surface area contributed by atoms with Gasteiger partial charge < -0.3 is 9.63 Å². The van der Waals surface area contributed by atoms with Crippen molar-refractivity contribution >= 4 is 7.82 Å². The van der Waals surface area contributed by atoms with Crippen LogP contribution in [0.3, 0.4) is 0 Å². The molecule has 3 heterocycles. The predicted molar refractivity (Wildman–Crippen MR) is 79.1 cm³/mol. The molecule has 1 aromatic heterocycles. The monoisotopic (exact) mass is 346 g/mol. The van der Waals surface area contributed by atoms with Crippen LogP contribution in [0.15, 0.2) is 15.8 Å². The van der Waals surface area contributed by atoms with Crippen LogP contribution in [0.5, 0.6) is 0 Å². The highest BCUT2D eigenvalue weighted by atomic mass is 31.2. The summed E-state index contributed by atoms with van der Waals surface area (Å²) in [4.78, 5) is 35.5. The van der Waals surface area contributed by atoms with Crippen molar-refractivity contribution in [2.75, 3.05) is 6.61 Å². The van der Waals surface area contributed by atoms with Gasteiger partial charge in [0.2, 0.25) is 0 Å². The summed E-state index contributed by atoms with van der Waals surface area (Å²) in [6, 6.07) is 0. The van der Waals surface area contributed by atoms with Crippen LogP contribution in [-0.2, 0) is 24.8 Å². The molecule has 3 rings (SSSR count). The molecule has 0 aliphatic carbocycles. The molecule has 1 aromatic rings. The van der Waals surface area contributed by atoms with Crippen molar-refractivity contribution in [2.45, 2.75) is 51.0 Å². The van der Waals surface area contributed by atoms with Crippen molar-refractivity contribution in [3.05, 3.63) is 32.6 Å². The molecule has 0 radical (unpaired) electrons. The maximum atomic E-state index is 12.0. The third-order valence-electron chi connectivity index (χ3n) is 4.00. The van der Waals surface area contributed by atoms with Crippen molar-refractivity contribution in [2.24, 2.45) is 0 Å². The maximum absolute atomic E-state index is 12.0. The highest BCUT2D eigenvalue weighted by Crippen LogP contribution is 2.52. The van der Waals surface area contributed by atoms with E-state index >= 15 is 0 Å². The van der Waals surface area contributed by atoms with Crippen molar-refractivity contribution in [1.29, 1.82) is 0 Å². The number of hydrogen-bond acceptors (Lipinski definition) is 6. The molecule has 0 bridgehead atoms. The summed E-state index contributed by atoms with van der Waals surface area (Å²) >= 11 is 0. The topological polar surface area (TPSA) is 120 Å². The minimum atomic E-state index is -4.04. The van der Waals surface area contributed by atoms with E-state index in [2.05, 4.69) is 4.98 Å². The number of aromatic nitrogens is 2. The summed E-state index contributed by atoms with van der Waals surface area (Å²) in [5.41, 5.74) is -0.462. The largest absolute Gasteiger partial charge is 0.472 e. The average Bonchev–Trinajstić information content (AvgIpc) is 2.87. The first-order chi connectivity index (χ1) is 10.9. The Bertz CT molecular complexity index is 743. The lowest BCUT2D eigenvalue weighted by Gasteiger charge is -2.26. The Balaban J connectivity index is 1.84. The van der Waals surface area contributed by atoms with E-state index in [4.69, 9.17) is 13.8 Å². The third kappa shape index (κ3) is 3.49. The number of rotatable bonds is 4. The van der Waals surface area contributed by atoms with Crippen molar-refractivity contribution < 1.29 is 23.2 Å². The number of fused-ring (bicyclic) bond motifs is 1. The summed E-state index contributed by atoms with van der Waals surface area (Å²) in [5.74, 6) is 0. The quantitative estimate of drug-likeness (QED) is 0.769. The zero-order chi connectivity index (χ0) is 16.6. The van der Waals surface area contributed by atoms with E-state index in [0.717, 1.165) is 12.8 Å². The molecule has 2 aliphatic heterocycles. The first-order valence-electron chi connectivity index (χ1n) is 7.55. The fourth-order valence-electron chi connectivity index (χ4n) is 2.79. The highest BCUT2D eigenvalue weighted by molar-refractivity contribution is 7.47. The van der Waals surface area contributed by atoms with Gasteiger partial charge in [-0.05, 0) is 12.8 Å². The molecule has 0 saturated carbocycles. The van der Waals surface area contributed by atoms with Crippen LogP contribution < -0.4 is 11.2 Å². The number of phosphoric ester groups is 1. The van der Waals surface area contributed by atoms with Crippen LogP contribution in [-0.4, -0.2) is 33.3 Å². The minimum absolute atomic E-state index is 0.0737. The average molecular weight is 346 g/mol. The molecule has 0 amide bonds. The number of phosphoric acid groups is 1. The molecule has 9 nitrogen and oxygen atoms in total. The first-order valence-corrected chi connectivity index (χ1v) is 9.04. The van der Waals surface area contributed by atoms with Crippen LogP contribution in [0.4, 0.5) is 0 Å². The van der Waals surface area contributed by atoms with Gasteiger partial charge in [-0.2, -0.15) is 0 Å². The molecule has 2 saturated heterocycles. The number of nitrogens with one attached hydrogen (secondary N) is 1. The predicted octanol–water partition coefficient (Wildman–Crippen LogP) is 0.682. The molecule has 23 heavy (non-hydrogen) atoms. The van der Waals surface area contributed by atoms with Gasteiger partial charge in [0, 0.05) is 18.2 Å². The number of aromatic amines is 1. The number of aryl methyl sites for hydroxylation is 1. The molecule has 4 atom stereocenters. The zero-order valence-corrected chi connectivity index (χ0v) is 13.5. The van der Waals surface area contributed by atoms with E-state index in [0.29, 0.717) is 12.0 Å². The SMILES string of the molecule is CCCCc1cn([C@H]2C[C@@H]3OP(=O)(O)OC[C@H]3O2)c(=O)[nH]c1=O. The lowest BCUT2D eigenvalue weighted by molar-refractivity contribution is -0.0680. The van der Waals surface area contributed by atoms with Crippen molar-refractivity contribution in [3.8, 4) is 0 Å². The Morgan fingerprint density at radius 1 is 1.43 bits per heavy atom. The Morgan fingerprint density at radius 3 is 2.96 bits per heavy atom. The second-order valence-electron chi connectivity index (χ2n) is 5.70. The highest BCUT2D eigenvalue weighted by Gasteiger charge is 2.46. The maximum Gasteiger partial charge on any atom is 0.472 e. The Morgan fingerprint density at radius 2 is 2.22 bits per heavy atom. The number of ether oxygens (including phenoxy) is 1. The number of hydrogen-bond donors (Lipinski definition) is 2. The van der Waals surface area contributed by atoms with Crippen LogP contribution in [0, 0.1) is 0 Å². The standard InChI is InChI=1S/C13H19N2O7P/c1-2-3-4-8-6-15(13(17)14-12(8)16)11-5-9-10(21-11)7-20-23(18,19)22-9/h6,9-11H,2-5,7H2,1H3,(H,18,19)(H,14,16,17)/t9-,10+,11+/m0/s1.